The Balaban J connectivity index is 1.67. The van der Waals surface area contributed by atoms with E-state index in [-0.39, 0.29) is 18.4 Å². The quantitative estimate of drug-likeness (QED) is 0.337. The van der Waals surface area contributed by atoms with Crippen molar-refractivity contribution in [2.45, 2.75) is 39.0 Å². The van der Waals surface area contributed by atoms with E-state index in [0.717, 1.165) is 30.0 Å². The van der Waals surface area contributed by atoms with Gasteiger partial charge < -0.3 is 4.74 Å². The van der Waals surface area contributed by atoms with Gasteiger partial charge in [-0.2, -0.15) is 0 Å². The molecule has 0 aromatic heterocycles. The molecule has 34 heavy (non-hydrogen) atoms. The molecule has 0 radical (unpaired) electrons. The standard InChI is InChI=1S/C26H19F7O/c1-2-3-14-4-6-15(7-5-14)16-8-9-19-17(10-16)11-20(27)23(24(19)30)18-12-21(28)25(22(29)13-18)34-26(31,32)33/h4-8,11-13H,2-3,9-10H2,1H3. The van der Waals surface area contributed by atoms with E-state index in [1.807, 2.05) is 30.3 Å². The van der Waals surface area contributed by atoms with Crippen molar-refractivity contribution < 1.29 is 35.5 Å². The monoisotopic (exact) mass is 480 g/mol. The summed E-state index contributed by atoms with van der Waals surface area (Å²) in [6, 6.07) is 9.86. The average Bonchev–Trinajstić information content (AvgIpc) is 2.76. The fourth-order valence-corrected chi connectivity index (χ4v) is 4.17. The Morgan fingerprint density at radius 2 is 1.50 bits per heavy atom. The minimum absolute atomic E-state index is 0.126. The molecule has 0 fully saturated rings. The molecule has 178 valence electrons. The Bertz CT molecular complexity index is 1230. The van der Waals surface area contributed by atoms with E-state index in [9.17, 15) is 26.3 Å². The zero-order chi connectivity index (χ0) is 24.6. The molecule has 1 aliphatic rings. The Kier molecular flexibility index (Phi) is 6.43. The highest BCUT2D eigenvalue weighted by Crippen LogP contribution is 2.38. The number of rotatable bonds is 5. The first-order valence-corrected chi connectivity index (χ1v) is 10.6. The van der Waals surface area contributed by atoms with Crippen LogP contribution in [0.5, 0.6) is 5.75 Å². The van der Waals surface area contributed by atoms with Crippen LogP contribution in [0.2, 0.25) is 0 Å². The van der Waals surface area contributed by atoms with Crippen molar-refractivity contribution in [2.24, 2.45) is 0 Å². The van der Waals surface area contributed by atoms with E-state index in [1.165, 1.54) is 5.56 Å². The van der Waals surface area contributed by atoms with Crippen LogP contribution in [0.3, 0.4) is 0 Å². The van der Waals surface area contributed by atoms with Crippen LogP contribution in [0.25, 0.3) is 16.7 Å². The van der Waals surface area contributed by atoms with Crippen LogP contribution in [0.1, 0.15) is 35.6 Å². The summed E-state index contributed by atoms with van der Waals surface area (Å²) in [5, 5.41) is 0. The molecule has 0 heterocycles. The Morgan fingerprint density at radius 3 is 2.09 bits per heavy atom. The molecule has 0 aliphatic heterocycles. The smallest absolute Gasteiger partial charge is 0.399 e. The zero-order valence-electron chi connectivity index (χ0n) is 18.0. The van der Waals surface area contributed by atoms with Gasteiger partial charge in [0.05, 0.1) is 5.56 Å². The number of hydrogen-bond acceptors (Lipinski definition) is 1. The third-order valence-electron chi connectivity index (χ3n) is 5.71. The van der Waals surface area contributed by atoms with Crippen LogP contribution < -0.4 is 4.74 Å². The van der Waals surface area contributed by atoms with E-state index >= 15 is 4.39 Å². The van der Waals surface area contributed by atoms with Gasteiger partial charge in [-0.25, -0.2) is 17.6 Å². The highest BCUT2D eigenvalue weighted by Gasteiger charge is 2.34. The Morgan fingerprint density at radius 1 is 0.853 bits per heavy atom. The molecule has 0 unspecified atom stereocenters. The molecular formula is C26H19F7O. The first-order chi connectivity index (χ1) is 16.1. The molecule has 3 aromatic rings. The summed E-state index contributed by atoms with van der Waals surface area (Å²) in [5.41, 5.74) is 2.30. The molecule has 0 spiro atoms. The van der Waals surface area contributed by atoms with Crippen LogP contribution in [-0.4, -0.2) is 6.36 Å². The zero-order valence-corrected chi connectivity index (χ0v) is 18.0. The second kappa shape index (κ2) is 9.16. The Hall–Kier alpha value is -3.29. The molecule has 0 N–H and O–H groups in total. The van der Waals surface area contributed by atoms with E-state index in [2.05, 4.69) is 11.7 Å². The fourth-order valence-electron chi connectivity index (χ4n) is 4.17. The number of alkyl halides is 3. The summed E-state index contributed by atoms with van der Waals surface area (Å²) in [4.78, 5) is 0. The lowest BCUT2D eigenvalue weighted by Crippen LogP contribution is -2.19. The highest BCUT2D eigenvalue weighted by atomic mass is 19.4. The van der Waals surface area contributed by atoms with Crippen molar-refractivity contribution in [1.29, 1.82) is 0 Å². The normalized spacial score (nSPS) is 13.5. The summed E-state index contributed by atoms with van der Waals surface area (Å²) in [7, 11) is 0. The van der Waals surface area contributed by atoms with Gasteiger partial charge in [0.15, 0.2) is 11.6 Å². The predicted molar refractivity (Wildman–Crippen MR) is 114 cm³/mol. The number of aryl methyl sites for hydroxylation is 1. The van der Waals surface area contributed by atoms with E-state index in [0.29, 0.717) is 17.7 Å². The summed E-state index contributed by atoms with van der Waals surface area (Å²) in [6.07, 6.45) is -1.17. The summed E-state index contributed by atoms with van der Waals surface area (Å²) >= 11 is 0. The molecule has 0 saturated heterocycles. The minimum Gasteiger partial charge on any atom is -0.399 e. The number of ether oxygens (including phenoxy) is 1. The van der Waals surface area contributed by atoms with Gasteiger partial charge >= 0.3 is 6.36 Å². The van der Waals surface area contributed by atoms with Crippen LogP contribution in [0, 0.1) is 23.3 Å². The largest absolute Gasteiger partial charge is 0.573 e. The van der Waals surface area contributed by atoms with Gasteiger partial charge in [-0.15, -0.1) is 13.2 Å². The van der Waals surface area contributed by atoms with Gasteiger partial charge in [-0.05, 0) is 70.9 Å². The molecule has 8 heteroatoms. The molecule has 3 aromatic carbocycles. The van der Waals surface area contributed by atoms with Crippen molar-refractivity contribution in [3.63, 3.8) is 0 Å². The van der Waals surface area contributed by atoms with Gasteiger partial charge in [-0.3, -0.25) is 0 Å². The predicted octanol–water partition coefficient (Wildman–Crippen LogP) is 7.94. The Labute approximate surface area is 191 Å². The summed E-state index contributed by atoms with van der Waals surface area (Å²) < 4.78 is 98.9. The molecule has 1 nitrogen and oxygen atoms in total. The molecule has 0 saturated carbocycles. The lowest BCUT2D eigenvalue weighted by atomic mass is 9.85. The van der Waals surface area contributed by atoms with Gasteiger partial charge in [0, 0.05) is 0 Å². The second-order valence-corrected chi connectivity index (χ2v) is 8.06. The van der Waals surface area contributed by atoms with E-state index in [4.69, 9.17) is 0 Å². The van der Waals surface area contributed by atoms with Crippen molar-refractivity contribution in [3.8, 4) is 16.9 Å². The van der Waals surface area contributed by atoms with Crippen molar-refractivity contribution in [2.75, 3.05) is 0 Å². The molecule has 0 amide bonds. The maximum absolute atomic E-state index is 15.3. The van der Waals surface area contributed by atoms with Crippen LogP contribution >= 0.6 is 0 Å². The average molecular weight is 480 g/mol. The van der Waals surface area contributed by atoms with Crippen molar-refractivity contribution in [1.82, 2.24) is 0 Å². The van der Waals surface area contributed by atoms with Gasteiger partial charge in [0.1, 0.15) is 11.6 Å². The van der Waals surface area contributed by atoms with Gasteiger partial charge in [0.2, 0.25) is 5.75 Å². The first-order valence-electron chi connectivity index (χ1n) is 10.6. The maximum atomic E-state index is 15.3. The molecule has 4 rings (SSSR count). The van der Waals surface area contributed by atoms with Crippen LogP contribution in [0.15, 0.2) is 48.5 Å². The van der Waals surface area contributed by atoms with E-state index in [1.54, 1.807) is 0 Å². The SMILES string of the molecule is CCCc1ccc(C2=CCc3c(cc(F)c(-c4cc(F)c(OC(F)(F)F)c(F)c4)c3F)C2)cc1. The molecule has 0 bridgehead atoms. The van der Waals surface area contributed by atoms with Crippen LogP contribution in [0.4, 0.5) is 30.7 Å². The fraction of sp³-hybridized carbons (Fsp3) is 0.231. The van der Waals surface area contributed by atoms with Gasteiger partial charge in [-0.1, -0.05) is 43.7 Å². The number of hydrogen-bond donors (Lipinski definition) is 0. The second-order valence-electron chi connectivity index (χ2n) is 8.06. The number of benzene rings is 3. The topological polar surface area (TPSA) is 9.23 Å². The molecule has 1 aliphatic carbocycles. The number of fused-ring (bicyclic) bond motifs is 1. The molecular weight excluding hydrogens is 461 g/mol. The lowest BCUT2D eigenvalue weighted by Gasteiger charge is -2.21. The van der Waals surface area contributed by atoms with Crippen molar-refractivity contribution >= 4 is 5.57 Å². The third kappa shape index (κ3) is 4.81. The number of halogens is 7. The third-order valence-corrected chi connectivity index (χ3v) is 5.71. The summed E-state index contributed by atoms with van der Waals surface area (Å²) in [5.74, 6) is -7.21. The first kappa shape index (κ1) is 23.9. The highest BCUT2D eigenvalue weighted by molar-refractivity contribution is 5.74. The minimum atomic E-state index is -5.33. The molecule has 0 atom stereocenters. The van der Waals surface area contributed by atoms with E-state index < -0.39 is 46.5 Å². The summed E-state index contributed by atoms with van der Waals surface area (Å²) in [6.45, 7) is 2.08. The number of allylic oxidation sites excluding steroid dienone is 2. The van der Waals surface area contributed by atoms with Crippen molar-refractivity contribution in [3.05, 3.63) is 94.1 Å². The van der Waals surface area contributed by atoms with Crippen LogP contribution in [-0.2, 0) is 19.3 Å². The maximum Gasteiger partial charge on any atom is 0.573 e. The lowest BCUT2D eigenvalue weighted by molar-refractivity contribution is -0.276. The van der Waals surface area contributed by atoms with Gasteiger partial charge in [0.25, 0.3) is 0 Å².